The van der Waals surface area contributed by atoms with E-state index in [-0.39, 0.29) is 13.2 Å². The van der Waals surface area contributed by atoms with Crippen molar-refractivity contribution in [3.8, 4) is 12.3 Å². The van der Waals surface area contributed by atoms with E-state index in [9.17, 15) is 14.4 Å². The summed E-state index contributed by atoms with van der Waals surface area (Å²) in [5.74, 6) is 1.36. The fraction of sp³-hybridized carbons (Fsp3) is 0.562. The highest BCUT2D eigenvalue weighted by Crippen LogP contribution is 2.42. The fourth-order valence-electron chi connectivity index (χ4n) is 2.98. The standard InChI is InChI=1S/C16H19N3O7/c1-4-6-17-15(22)23-8-9-11-12(26-16(2,3)25-11)13(24-9)19-7-5-10(20)18-14(19)21/h1,5,7,9,11-13H,6,8H2,2-3H3,(H,17,22)(H,18,20,21)/t9-,11-,12-,13-/m1/s1. The van der Waals surface area contributed by atoms with Gasteiger partial charge in [-0.05, 0) is 13.8 Å². The van der Waals surface area contributed by atoms with Crippen molar-refractivity contribution in [3.63, 3.8) is 0 Å². The van der Waals surface area contributed by atoms with E-state index in [0.29, 0.717) is 0 Å². The Labute approximate surface area is 148 Å². The van der Waals surface area contributed by atoms with Crippen LogP contribution in [0.3, 0.4) is 0 Å². The Bertz CT molecular complexity index is 837. The number of hydrogen-bond donors (Lipinski definition) is 2. The van der Waals surface area contributed by atoms with Gasteiger partial charge in [0.15, 0.2) is 12.0 Å². The second-order valence-electron chi connectivity index (χ2n) is 6.30. The monoisotopic (exact) mass is 365 g/mol. The van der Waals surface area contributed by atoms with Gasteiger partial charge in [-0.1, -0.05) is 5.92 Å². The van der Waals surface area contributed by atoms with E-state index >= 15 is 0 Å². The van der Waals surface area contributed by atoms with Crippen LogP contribution in [0.15, 0.2) is 21.9 Å². The Morgan fingerprint density at radius 1 is 1.42 bits per heavy atom. The number of terminal acetylenes is 1. The number of nitrogens with one attached hydrogen (secondary N) is 2. The van der Waals surface area contributed by atoms with Gasteiger partial charge in [-0.25, -0.2) is 9.59 Å². The molecule has 26 heavy (non-hydrogen) atoms. The lowest BCUT2D eigenvalue weighted by Gasteiger charge is -2.24. The maximum atomic E-state index is 12.1. The van der Waals surface area contributed by atoms with Gasteiger partial charge >= 0.3 is 11.8 Å². The van der Waals surface area contributed by atoms with Crippen molar-refractivity contribution in [2.75, 3.05) is 13.2 Å². The SMILES string of the molecule is C#CCNC(=O)OC[C@H]1O[C@@H](n2ccc(=O)[nH]c2=O)[C@@H]2OC(C)(C)O[C@@H]21. The van der Waals surface area contributed by atoms with E-state index in [4.69, 9.17) is 25.4 Å². The number of fused-ring (bicyclic) bond motifs is 1. The highest BCUT2D eigenvalue weighted by Gasteiger charge is 2.56. The Hall–Kier alpha value is -2.61. The number of nitrogens with zero attached hydrogens (tertiary/aromatic N) is 1. The molecular weight excluding hydrogens is 346 g/mol. The number of ether oxygens (including phenoxy) is 4. The summed E-state index contributed by atoms with van der Waals surface area (Å²) in [5.41, 5.74) is -1.15. The Morgan fingerprint density at radius 2 is 2.15 bits per heavy atom. The van der Waals surface area contributed by atoms with Crippen molar-refractivity contribution >= 4 is 6.09 Å². The normalized spacial score (nSPS) is 29.0. The van der Waals surface area contributed by atoms with Crippen molar-refractivity contribution < 1.29 is 23.7 Å². The molecule has 0 spiro atoms. The molecule has 1 aromatic rings. The minimum Gasteiger partial charge on any atom is -0.447 e. The van der Waals surface area contributed by atoms with Gasteiger partial charge < -0.3 is 24.3 Å². The Balaban J connectivity index is 1.78. The summed E-state index contributed by atoms with van der Waals surface area (Å²) < 4.78 is 23.8. The maximum Gasteiger partial charge on any atom is 0.407 e. The van der Waals surface area contributed by atoms with Crippen LogP contribution < -0.4 is 16.6 Å². The fourth-order valence-corrected chi connectivity index (χ4v) is 2.98. The van der Waals surface area contributed by atoms with Crippen molar-refractivity contribution in [2.45, 2.75) is 44.2 Å². The first-order valence-corrected chi connectivity index (χ1v) is 7.97. The zero-order valence-corrected chi connectivity index (χ0v) is 14.3. The lowest BCUT2D eigenvalue weighted by atomic mass is 10.1. The van der Waals surface area contributed by atoms with Crippen LogP contribution in [0.5, 0.6) is 0 Å². The van der Waals surface area contributed by atoms with Crippen LogP contribution in [0.4, 0.5) is 4.79 Å². The molecule has 10 nitrogen and oxygen atoms in total. The summed E-state index contributed by atoms with van der Waals surface area (Å²) in [6, 6.07) is 1.21. The molecule has 2 aliphatic heterocycles. The molecule has 2 N–H and O–H groups in total. The summed E-state index contributed by atoms with van der Waals surface area (Å²) in [6.07, 6.45) is 3.01. The van der Waals surface area contributed by atoms with E-state index in [1.807, 2.05) is 0 Å². The van der Waals surface area contributed by atoms with Crippen LogP contribution >= 0.6 is 0 Å². The van der Waals surface area contributed by atoms with E-state index in [2.05, 4.69) is 16.2 Å². The molecule has 4 atom stereocenters. The largest absolute Gasteiger partial charge is 0.447 e. The third-order valence-corrected chi connectivity index (χ3v) is 3.96. The van der Waals surface area contributed by atoms with Gasteiger partial charge in [0, 0.05) is 12.3 Å². The lowest BCUT2D eigenvalue weighted by molar-refractivity contribution is -0.200. The van der Waals surface area contributed by atoms with E-state index < -0.39 is 47.7 Å². The molecule has 2 aliphatic rings. The predicted octanol–water partition coefficient (Wildman–Crippen LogP) is -0.686. The molecule has 1 amide bonds. The van der Waals surface area contributed by atoms with Crippen LogP contribution in [0.25, 0.3) is 0 Å². The summed E-state index contributed by atoms with van der Waals surface area (Å²) >= 11 is 0. The molecule has 140 valence electrons. The average molecular weight is 365 g/mol. The highest BCUT2D eigenvalue weighted by atomic mass is 16.8. The van der Waals surface area contributed by atoms with Crippen molar-refractivity contribution in [3.05, 3.63) is 33.1 Å². The number of H-pyrrole nitrogens is 1. The maximum absolute atomic E-state index is 12.1. The molecular formula is C16H19N3O7. The Morgan fingerprint density at radius 3 is 2.85 bits per heavy atom. The van der Waals surface area contributed by atoms with Gasteiger partial charge in [0.25, 0.3) is 5.56 Å². The predicted molar refractivity (Wildman–Crippen MR) is 87.2 cm³/mol. The molecule has 0 aromatic carbocycles. The minimum absolute atomic E-state index is 0.0401. The number of amides is 1. The number of aromatic amines is 1. The van der Waals surface area contributed by atoms with Gasteiger partial charge in [0.1, 0.15) is 24.9 Å². The van der Waals surface area contributed by atoms with Crippen LogP contribution in [-0.4, -0.2) is 52.9 Å². The first kappa shape index (κ1) is 18.2. The Kier molecular flexibility index (Phi) is 4.86. The molecule has 0 saturated carbocycles. The first-order chi connectivity index (χ1) is 12.3. The van der Waals surface area contributed by atoms with Gasteiger partial charge in [0.2, 0.25) is 0 Å². The second kappa shape index (κ2) is 6.95. The molecule has 0 unspecified atom stereocenters. The number of hydrogen-bond acceptors (Lipinski definition) is 7. The second-order valence-corrected chi connectivity index (χ2v) is 6.30. The van der Waals surface area contributed by atoms with Gasteiger partial charge in [-0.2, -0.15) is 0 Å². The molecule has 2 fully saturated rings. The van der Waals surface area contributed by atoms with Crippen LogP contribution in [0, 0.1) is 12.3 Å². The molecule has 10 heteroatoms. The molecule has 0 radical (unpaired) electrons. The summed E-state index contributed by atoms with van der Waals surface area (Å²) in [6.45, 7) is 3.38. The van der Waals surface area contributed by atoms with E-state index in [1.54, 1.807) is 13.8 Å². The first-order valence-electron chi connectivity index (χ1n) is 7.97. The van der Waals surface area contributed by atoms with Crippen LogP contribution in [0.2, 0.25) is 0 Å². The van der Waals surface area contributed by atoms with Crippen LogP contribution in [0.1, 0.15) is 20.1 Å². The van der Waals surface area contributed by atoms with Gasteiger partial charge in [-0.15, -0.1) is 6.42 Å². The molecule has 0 bridgehead atoms. The number of rotatable bonds is 4. The van der Waals surface area contributed by atoms with Crippen LogP contribution in [-0.2, 0) is 18.9 Å². The highest BCUT2D eigenvalue weighted by molar-refractivity contribution is 5.67. The minimum atomic E-state index is -0.896. The van der Waals surface area contributed by atoms with Crippen molar-refractivity contribution in [2.24, 2.45) is 0 Å². The van der Waals surface area contributed by atoms with E-state index in [1.165, 1.54) is 16.8 Å². The molecule has 3 rings (SSSR count). The van der Waals surface area contributed by atoms with Crippen molar-refractivity contribution in [1.29, 1.82) is 0 Å². The number of carbonyl (C=O) groups is 1. The smallest absolute Gasteiger partial charge is 0.407 e. The lowest BCUT2D eigenvalue weighted by Crippen LogP contribution is -2.37. The summed E-state index contributed by atoms with van der Waals surface area (Å²) in [5, 5.41) is 2.37. The zero-order valence-electron chi connectivity index (χ0n) is 14.3. The third-order valence-electron chi connectivity index (χ3n) is 3.96. The molecule has 2 saturated heterocycles. The van der Waals surface area contributed by atoms with E-state index in [0.717, 1.165) is 0 Å². The number of aromatic nitrogens is 2. The van der Waals surface area contributed by atoms with Crippen molar-refractivity contribution in [1.82, 2.24) is 14.9 Å². The summed E-state index contributed by atoms with van der Waals surface area (Å²) in [4.78, 5) is 37.1. The average Bonchev–Trinajstić information content (AvgIpc) is 3.04. The molecule has 3 heterocycles. The van der Waals surface area contributed by atoms with Gasteiger partial charge in [-0.3, -0.25) is 14.3 Å². The number of alkyl carbamates (subject to hydrolysis) is 1. The topological polar surface area (TPSA) is 121 Å². The number of carbonyl (C=O) groups excluding carboxylic acids is 1. The quantitative estimate of drug-likeness (QED) is 0.678. The third kappa shape index (κ3) is 3.65. The molecule has 1 aromatic heterocycles. The molecule has 0 aliphatic carbocycles. The zero-order chi connectivity index (χ0) is 18.9. The van der Waals surface area contributed by atoms with Gasteiger partial charge in [0.05, 0.1) is 6.54 Å². The summed E-state index contributed by atoms with van der Waals surface area (Å²) in [7, 11) is 0.